The van der Waals surface area contributed by atoms with E-state index in [1.807, 2.05) is 6.92 Å². The molecule has 1 rings (SSSR count). The molecule has 4 heteroatoms. The quantitative estimate of drug-likeness (QED) is 0.627. The third-order valence-electron chi connectivity index (χ3n) is 2.13. The van der Waals surface area contributed by atoms with Gasteiger partial charge in [0, 0.05) is 24.2 Å². The van der Waals surface area contributed by atoms with Gasteiger partial charge in [-0.25, -0.2) is 0 Å². The summed E-state index contributed by atoms with van der Waals surface area (Å²) in [5.41, 5.74) is 6.15. The summed E-state index contributed by atoms with van der Waals surface area (Å²) in [6.45, 7) is 3.88. The lowest BCUT2D eigenvalue weighted by atomic mass is 10.2. The van der Waals surface area contributed by atoms with Crippen LogP contribution < -0.4 is 5.73 Å². The van der Waals surface area contributed by atoms with E-state index in [2.05, 4.69) is 0 Å². The smallest absolute Gasteiger partial charge is 0.256 e. The van der Waals surface area contributed by atoms with Gasteiger partial charge in [-0.1, -0.05) is 6.92 Å². The average Bonchev–Trinajstić information content (AvgIpc) is 2.32. The van der Waals surface area contributed by atoms with Crippen molar-refractivity contribution in [1.82, 2.24) is 4.90 Å². The molecule has 2 N–H and O–H groups in total. The van der Waals surface area contributed by atoms with Gasteiger partial charge in [-0.05, 0) is 13.3 Å². The molecule has 72 valence electrons. The number of hydrogen-bond acceptors (Lipinski definition) is 3. The zero-order valence-electron chi connectivity index (χ0n) is 7.91. The summed E-state index contributed by atoms with van der Waals surface area (Å²) in [5.74, 6) is -0.458. The molecule has 0 aromatic heterocycles. The summed E-state index contributed by atoms with van der Waals surface area (Å²) in [4.78, 5) is 23.8. The van der Waals surface area contributed by atoms with Crippen LogP contribution in [0.5, 0.6) is 0 Å². The number of hydrogen-bond donors (Lipinski definition) is 1. The lowest BCUT2D eigenvalue weighted by molar-refractivity contribution is -0.137. The van der Waals surface area contributed by atoms with Gasteiger partial charge in [-0.2, -0.15) is 0 Å². The number of imide groups is 1. The molecule has 0 saturated carbocycles. The molecule has 0 saturated heterocycles. The van der Waals surface area contributed by atoms with E-state index in [4.69, 9.17) is 5.73 Å². The van der Waals surface area contributed by atoms with Gasteiger partial charge in [-0.3, -0.25) is 14.5 Å². The number of rotatable bonds is 3. The highest BCUT2D eigenvalue weighted by Gasteiger charge is 2.28. The van der Waals surface area contributed by atoms with Gasteiger partial charge in [0.15, 0.2) is 0 Å². The first kappa shape index (κ1) is 9.92. The lowest BCUT2D eigenvalue weighted by Gasteiger charge is -2.18. The van der Waals surface area contributed by atoms with E-state index in [9.17, 15) is 9.59 Å². The van der Waals surface area contributed by atoms with Gasteiger partial charge in [0.2, 0.25) is 0 Å². The van der Waals surface area contributed by atoms with E-state index in [0.29, 0.717) is 12.1 Å². The minimum Gasteiger partial charge on any atom is -0.326 e. The number of nitrogens with zero attached hydrogens (tertiary/aromatic N) is 1. The van der Waals surface area contributed by atoms with Gasteiger partial charge >= 0.3 is 0 Å². The van der Waals surface area contributed by atoms with Crippen LogP contribution in [0.2, 0.25) is 0 Å². The molecule has 0 aromatic rings. The molecule has 1 aliphatic heterocycles. The Morgan fingerprint density at radius 2 is 2.15 bits per heavy atom. The molecular weight excluding hydrogens is 168 g/mol. The predicted molar refractivity (Wildman–Crippen MR) is 48.7 cm³/mol. The van der Waals surface area contributed by atoms with Crippen molar-refractivity contribution in [2.45, 2.75) is 26.3 Å². The van der Waals surface area contributed by atoms with Crippen LogP contribution in [0.15, 0.2) is 11.6 Å². The Kier molecular flexibility index (Phi) is 2.83. The Balaban J connectivity index is 2.64. The topological polar surface area (TPSA) is 63.4 Å². The fourth-order valence-electron chi connectivity index (χ4n) is 1.17. The van der Waals surface area contributed by atoms with Crippen molar-refractivity contribution in [3.8, 4) is 0 Å². The summed E-state index contributed by atoms with van der Waals surface area (Å²) < 4.78 is 0. The Morgan fingerprint density at radius 3 is 2.54 bits per heavy atom. The summed E-state index contributed by atoms with van der Waals surface area (Å²) >= 11 is 0. The predicted octanol–water partition coefficient (Wildman–Crippen LogP) is 0.0388. The largest absolute Gasteiger partial charge is 0.326 e. The first-order valence-corrected chi connectivity index (χ1v) is 4.36. The van der Waals surface area contributed by atoms with E-state index < -0.39 is 0 Å². The maximum atomic E-state index is 11.3. The number of carbonyl (C=O) groups is 2. The van der Waals surface area contributed by atoms with Gasteiger partial charge in [0.1, 0.15) is 0 Å². The van der Waals surface area contributed by atoms with Gasteiger partial charge in [0.25, 0.3) is 11.8 Å². The molecule has 4 nitrogen and oxygen atoms in total. The molecule has 0 bridgehead atoms. The highest BCUT2D eigenvalue weighted by molar-refractivity contribution is 6.15. The van der Waals surface area contributed by atoms with Crippen LogP contribution in [0.3, 0.4) is 0 Å². The third kappa shape index (κ3) is 1.95. The minimum absolute atomic E-state index is 0.118. The molecule has 0 aliphatic carbocycles. The molecule has 13 heavy (non-hydrogen) atoms. The Hall–Kier alpha value is -1.16. The molecule has 0 aromatic carbocycles. The summed E-state index contributed by atoms with van der Waals surface area (Å²) in [6, 6.07) is -0.118. The van der Waals surface area contributed by atoms with Crippen LogP contribution in [0, 0.1) is 0 Å². The average molecular weight is 182 g/mol. The van der Waals surface area contributed by atoms with E-state index in [-0.39, 0.29) is 17.9 Å². The lowest BCUT2D eigenvalue weighted by Crippen LogP contribution is -2.41. The molecule has 0 radical (unpaired) electrons. The molecule has 1 aliphatic rings. The first-order valence-electron chi connectivity index (χ1n) is 4.36. The second-order valence-corrected chi connectivity index (χ2v) is 3.25. The van der Waals surface area contributed by atoms with Crippen LogP contribution in [-0.4, -0.2) is 29.3 Å². The van der Waals surface area contributed by atoms with Crippen LogP contribution in [0.25, 0.3) is 0 Å². The normalized spacial score (nSPS) is 19.3. The highest BCUT2D eigenvalue weighted by atomic mass is 16.2. The second-order valence-electron chi connectivity index (χ2n) is 3.25. The molecule has 1 atom stereocenters. The van der Waals surface area contributed by atoms with E-state index in [1.54, 1.807) is 6.92 Å². The van der Waals surface area contributed by atoms with Crippen LogP contribution >= 0.6 is 0 Å². The Bertz CT molecular complexity index is 271. The molecular formula is C9H14N2O2. The molecule has 0 spiro atoms. The van der Waals surface area contributed by atoms with E-state index in [0.717, 1.165) is 6.42 Å². The second kappa shape index (κ2) is 3.70. The fourth-order valence-corrected chi connectivity index (χ4v) is 1.17. The van der Waals surface area contributed by atoms with Gasteiger partial charge in [-0.15, -0.1) is 0 Å². The van der Waals surface area contributed by atoms with Crippen molar-refractivity contribution in [2.75, 3.05) is 6.54 Å². The van der Waals surface area contributed by atoms with Crippen LogP contribution in [0.1, 0.15) is 20.3 Å². The maximum absolute atomic E-state index is 11.3. The van der Waals surface area contributed by atoms with E-state index in [1.165, 1.54) is 11.0 Å². The molecule has 0 fully saturated rings. The van der Waals surface area contributed by atoms with Crippen molar-refractivity contribution < 1.29 is 9.59 Å². The standard InChI is InChI=1S/C9H14N2O2/c1-3-7(10)5-11-8(12)4-6(2)9(11)13/h4,7H,3,5,10H2,1-2H3. The number of nitrogens with two attached hydrogens (primary N) is 1. The van der Waals surface area contributed by atoms with E-state index >= 15 is 0 Å². The van der Waals surface area contributed by atoms with Gasteiger partial charge in [0.05, 0.1) is 0 Å². The summed E-state index contributed by atoms with van der Waals surface area (Å²) in [7, 11) is 0. The van der Waals surface area contributed by atoms with Gasteiger partial charge < -0.3 is 5.73 Å². The Labute approximate surface area is 77.4 Å². The Morgan fingerprint density at radius 1 is 1.54 bits per heavy atom. The first-order chi connectivity index (χ1) is 6.06. The van der Waals surface area contributed by atoms with Crippen LogP contribution in [0.4, 0.5) is 0 Å². The minimum atomic E-state index is -0.244. The molecule has 2 amide bonds. The van der Waals surface area contributed by atoms with Crippen molar-refractivity contribution in [2.24, 2.45) is 5.73 Å². The number of carbonyl (C=O) groups excluding carboxylic acids is 2. The summed E-state index contributed by atoms with van der Waals surface area (Å²) in [6.07, 6.45) is 2.11. The monoisotopic (exact) mass is 182 g/mol. The van der Waals surface area contributed by atoms with Crippen molar-refractivity contribution in [3.05, 3.63) is 11.6 Å². The third-order valence-corrected chi connectivity index (χ3v) is 2.13. The summed E-state index contributed by atoms with van der Waals surface area (Å²) in [5, 5.41) is 0. The SMILES string of the molecule is CCC(N)CN1C(=O)C=C(C)C1=O. The molecule has 1 unspecified atom stereocenters. The maximum Gasteiger partial charge on any atom is 0.256 e. The van der Waals surface area contributed by atoms with Crippen molar-refractivity contribution in [1.29, 1.82) is 0 Å². The highest BCUT2D eigenvalue weighted by Crippen LogP contribution is 2.12. The van der Waals surface area contributed by atoms with Crippen molar-refractivity contribution >= 4 is 11.8 Å². The zero-order chi connectivity index (χ0) is 10.0. The number of amides is 2. The molecule has 1 heterocycles. The zero-order valence-corrected chi connectivity index (χ0v) is 7.91. The van der Waals surface area contributed by atoms with Crippen molar-refractivity contribution in [3.63, 3.8) is 0 Å². The van der Waals surface area contributed by atoms with Crippen LogP contribution in [-0.2, 0) is 9.59 Å². The fraction of sp³-hybridized carbons (Fsp3) is 0.556.